The van der Waals surface area contributed by atoms with E-state index in [4.69, 9.17) is 29.4 Å². The molecule has 0 amide bonds. The molecule has 0 radical (unpaired) electrons. The summed E-state index contributed by atoms with van der Waals surface area (Å²) in [4.78, 5) is 0. The highest BCUT2D eigenvalue weighted by Gasteiger charge is 2.53. The molecule has 3 aliphatic heterocycles. The second-order valence-corrected chi connectivity index (χ2v) is 8.41. The van der Waals surface area contributed by atoms with Crippen molar-refractivity contribution in [2.24, 2.45) is 5.73 Å². The summed E-state index contributed by atoms with van der Waals surface area (Å²) in [5.74, 6) is 0. The van der Waals surface area contributed by atoms with Crippen LogP contribution >= 0.6 is 0 Å². The maximum absolute atomic E-state index is 10.6. The Morgan fingerprint density at radius 2 is 1.21 bits per heavy atom. The minimum atomic E-state index is -1.78. The van der Waals surface area contributed by atoms with E-state index in [1.54, 1.807) is 0 Å². The molecule has 3 saturated heterocycles. The summed E-state index contributed by atoms with van der Waals surface area (Å²) < 4.78 is 27.1. The fourth-order valence-electron chi connectivity index (χ4n) is 4.02. The first-order chi connectivity index (χ1) is 15.5. The lowest BCUT2D eigenvalue weighted by atomic mass is 9.95. The van der Waals surface area contributed by atoms with Crippen LogP contribution in [0.3, 0.4) is 0 Å². The fraction of sp³-hybridized carbons (Fsp3) is 1.00. The molecule has 0 bridgehead atoms. The van der Waals surface area contributed by atoms with E-state index in [9.17, 15) is 46.0 Å². The van der Waals surface area contributed by atoms with Gasteiger partial charge in [0.05, 0.1) is 25.4 Å². The predicted octanol–water partition coefficient (Wildman–Crippen LogP) is -6.58. The van der Waals surface area contributed by atoms with E-state index in [1.165, 1.54) is 6.92 Å². The minimum absolute atomic E-state index is 0.683. The molecule has 0 aromatic heterocycles. The van der Waals surface area contributed by atoms with Gasteiger partial charge in [-0.3, -0.25) is 0 Å². The van der Waals surface area contributed by atoms with Crippen molar-refractivity contribution < 1.29 is 69.6 Å². The molecule has 3 fully saturated rings. The summed E-state index contributed by atoms with van der Waals surface area (Å²) in [7, 11) is 0. The average Bonchev–Trinajstić information content (AvgIpc) is 2.79. The Balaban J connectivity index is 1.83. The smallest absolute Gasteiger partial charge is 0.187 e. The summed E-state index contributed by atoms with van der Waals surface area (Å²) in [6.07, 6.45) is -21.3. The normalized spacial score (nSPS) is 53.7. The zero-order valence-electron chi connectivity index (χ0n) is 17.7. The number of hydrogen-bond acceptors (Lipinski definition) is 15. The minimum Gasteiger partial charge on any atom is -0.394 e. The molecule has 0 aromatic rings. The Labute approximate surface area is 188 Å². The van der Waals surface area contributed by atoms with Crippen LogP contribution in [0.5, 0.6) is 0 Å². The predicted molar refractivity (Wildman–Crippen MR) is 102 cm³/mol. The molecule has 15 atom stereocenters. The Kier molecular flexibility index (Phi) is 8.99. The summed E-state index contributed by atoms with van der Waals surface area (Å²) >= 11 is 0. The molecule has 1 unspecified atom stereocenters. The maximum atomic E-state index is 10.6. The Morgan fingerprint density at radius 3 is 1.82 bits per heavy atom. The van der Waals surface area contributed by atoms with E-state index in [1.807, 2.05) is 0 Å². The molecule has 0 spiro atoms. The average molecular weight is 487 g/mol. The van der Waals surface area contributed by atoms with Crippen LogP contribution < -0.4 is 5.73 Å². The number of ether oxygens (including phenoxy) is 5. The van der Waals surface area contributed by atoms with Gasteiger partial charge in [-0.25, -0.2) is 0 Å². The van der Waals surface area contributed by atoms with Crippen LogP contribution in [0, 0.1) is 0 Å². The van der Waals surface area contributed by atoms with Gasteiger partial charge in [-0.15, -0.1) is 0 Å². The van der Waals surface area contributed by atoms with Crippen LogP contribution in [0.4, 0.5) is 0 Å². The highest BCUT2D eigenvalue weighted by atomic mass is 16.8. The first-order valence-corrected chi connectivity index (χ1v) is 10.5. The lowest BCUT2D eigenvalue weighted by molar-refractivity contribution is -0.379. The van der Waals surface area contributed by atoms with Crippen molar-refractivity contribution in [3.63, 3.8) is 0 Å². The van der Waals surface area contributed by atoms with Crippen molar-refractivity contribution in [2.45, 2.75) is 99.0 Å². The van der Waals surface area contributed by atoms with Gasteiger partial charge < -0.3 is 75.4 Å². The van der Waals surface area contributed by atoms with Crippen LogP contribution in [0.2, 0.25) is 0 Å². The second kappa shape index (κ2) is 11.0. The summed E-state index contributed by atoms with van der Waals surface area (Å²) in [6.45, 7) is -0.0149. The topological polar surface area (TPSA) is 254 Å². The summed E-state index contributed by atoms with van der Waals surface area (Å²) in [6, 6.07) is -1.34. The quantitative estimate of drug-likeness (QED) is 0.167. The summed E-state index contributed by atoms with van der Waals surface area (Å²) in [5.41, 5.74) is 5.85. The van der Waals surface area contributed by atoms with E-state index in [0.29, 0.717) is 0 Å². The number of aliphatic hydroxyl groups is 9. The van der Waals surface area contributed by atoms with E-state index < -0.39 is 105 Å². The third-order valence-corrected chi connectivity index (χ3v) is 6.14. The maximum Gasteiger partial charge on any atom is 0.187 e. The molecule has 3 heterocycles. The number of nitrogens with two attached hydrogens (primary N) is 1. The number of aliphatic hydroxyl groups excluding tert-OH is 9. The van der Waals surface area contributed by atoms with Crippen molar-refractivity contribution in [1.29, 1.82) is 0 Å². The highest BCUT2D eigenvalue weighted by molar-refractivity contribution is 4.96. The lowest BCUT2D eigenvalue weighted by Gasteiger charge is -2.48. The molecular formula is C18H33NO14. The van der Waals surface area contributed by atoms with E-state index in [-0.39, 0.29) is 0 Å². The molecule has 15 nitrogen and oxygen atoms in total. The van der Waals surface area contributed by atoms with Crippen molar-refractivity contribution in [3.8, 4) is 0 Å². The zero-order valence-corrected chi connectivity index (χ0v) is 17.7. The fourth-order valence-corrected chi connectivity index (χ4v) is 4.02. The molecule has 0 aliphatic carbocycles. The van der Waals surface area contributed by atoms with Crippen LogP contribution in [0.1, 0.15) is 6.92 Å². The first kappa shape index (κ1) is 27.0. The Hall–Kier alpha value is -0.600. The van der Waals surface area contributed by atoms with Gasteiger partial charge >= 0.3 is 0 Å². The number of hydrogen-bond donors (Lipinski definition) is 10. The third-order valence-electron chi connectivity index (χ3n) is 6.14. The zero-order chi connectivity index (χ0) is 24.6. The van der Waals surface area contributed by atoms with E-state index >= 15 is 0 Å². The molecule has 194 valence electrons. The molecule has 0 aromatic carbocycles. The van der Waals surface area contributed by atoms with Gasteiger partial charge in [-0.2, -0.15) is 0 Å². The molecule has 3 rings (SSSR count). The van der Waals surface area contributed by atoms with Gasteiger partial charge in [0.25, 0.3) is 0 Å². The second-order valence-electron chi connectivity index (χ2n) is 8.41. The third kappa shape index (κ3) is 5.32. The first-order valence-electron chi connectivity index (χ1n) is 10.5. The van der Waals surface area contributed by atoms with Crippen molar-refractivity contribution in [1.82, 2.24) is 0 Å². The lowest BCUT2D eigenvalue weighted by Crippen LogP contribution is -2.67. The standard InChI is InChI=1S/C18H33NO14/c1-4-8(22)11(25)13(27)17(29-4)33-15-12(26)9(23)5(2-20)31-18(15)32-14-7(19)16(28)30-6(3-21)10(14)24/h4-18,20-28H,2-3,19H2,1H3/t4-,5+,6+,7+,8+,9-,10+,11+,12-,13-,14+,15+,16?,17-,18-/m0/s1. The molecular weight excluding hydrogens is 454 g/mol. The molecule has 15 heteroatoms. The van der Waals surface area contributed by atoms with Crippen LogP contribution in [-0.2, 0) is 23.7 Å². The Bertz CT molecular complexity index is 631. The van der Waals surface area contributed by atoms with Crippen molar-refractivity contribution in [3.05, 3.63) is 0 Å². The van der Waals surface area contributed by atoms with Crippen LogP contribution in [-0.4, -0.2) is 151 Å². The van der Waals surface area contributed by atoms with Crippen LogP contribution in [0.25, 0.3) is 0 Å². The summed E-state index contributed by atoms with van der Waals surface area (Å²) in [5, 5.41) is 90.3. The molecule has 0 saturated carbocycles. The van der Waals surface area contributed by atoms with E-state index in [2.05, 4.69) is 0 Å². The van der Waals surface area contributed by atoms with Gasteiger partial charge in [-0.05, 0) is 6.92 Å². The van der Waals surface area contributed by atoms with Gasteiger partial charge in [0.1, 0.15) is 61.0 Å². The van der Waals surface area contributed by atoms with Gasteiger partial charge in [0.15, 0.2) is 18.9 Å². The van der Waals surface area contributed by atoms with Crippen LogP contribution in [0.15, 0.2) is 0 Å². The Morgan fingerprint density at radius 1 is 0.636 bits per heavy atom. The number of rotatable bonds is 6. The monoisotopic (exact) mass is 487 g/mol. The van der Waals surface area contributed by atoms with Crippen molar-refractivity contribution in [2.75, 3.05) is 13.2 Å². The molecule has 11 N–H and O–H groups in total. The molecule has 3 aliphatic rings. The van der Waals surface area contributed by atoms with Gasteiger partial charge in [0.2, 0.25) is 0 Å². The molecule has 33 heavy (non-hydrogen) atoms. The highest BCUT2D eigenvalue weighted by Crippen LogP contribution is 2.32. The van der Waals surface area contributed by atoms with E-state index in [0.717, 1.165) is 0 Å². The van der Waals surface area contributed by atoms with Gasteiger partial charge in [0, 0.05) is 0 Å². The SMILES string of the molecule is C[C@@H]1O[C@@H](O[C@H]2[C@H](O[C@H]3[C@H](O)[C@@H](CO)OC(O)[C@@H]3N)O[C@H](CO)[C@H](O)[C@@H]2O)[C@@H](O)[C@H](O)[C@@H]1O. The largest absolute Gasteiger partial charge is 0.394 e. The van der Waals surface area contributed by atoms with Gasteiger partial charge in [-0.1, -0.05) is 0 Å². The van der Waals surface area contributed by atoms with Crippen molar-refractivity contribution >= 4 is 0 Å².